The molecule has 2 N–H and O–H groups in total. The summed E-state index contributed by atoms with van der Waals surface area (Å²) in [6.07, 6.45) is 1.42. The molecule has 47 heavy (non-hydrogen) atoms. The molecule has 1 amide bonds. The van der Waals surface area contributed by atoms with Gasteiger partial charge in [-0.25, -0.2) is 18.6 Å². The first-order valence-electron chi connectivity index (χ1n) is 14.7. The maximum Gasteiger partial charge on any atom is 0.269 e. The maximum absolute atomic E-state index is 13.1. The molecule has 0 aliphatic heterocycles. The minimum Gasteiger partial charge on any atom is -0.318 e. The third-order valence-electron chi connectivity index (χ3n) is 7.46. The fourth-order valence-electron chi connectivity index (χ4n) is 5.04. The van der Waals surface area contributed by atoms with Gasteiger partial charge in [0.1, 0.15) is 0 Å². The Morgan fingerprint density at radius 1 is 0.915 bits per heavy atom. The molecule has 5 rings (SSSR count). The van der Waals surface area contributed by atoms with Crippen molar-refractivity contribution in [1.82, 2.24) is 14.7 Å². The van der Waals surface area contributed by atoms with Gasteiger partial charge in [-0.15, -0.1) is 0 Å². The van der Waals surface area contributed by atoms with Crippen LogP contribution in [0.5, 0.6) is 0 Å². The summed E-state index contributed by atoms with van der Waals surface area (Å²) >= 11 is 1.51. The number of carbonyl (C=O) groups is 1. The normalized spacial score (nSPS) is 12.2. The zero-order chi connectivity index (χ0) is 33.6. The number of sulfonamides is 1. The van der Waals surface area contributed by atoms with Gasteiger partial charge in [-0.05, 0) is 80.9 Å². The van der Waals surface area contributed by atoms with E-state index in [1.165, 1.54) is 36.0 Å². The van der Waals surface area contributed by atoms with Crippen LogP contribution < -0.4 is 10.1 Å². The quantitative estimate of drug-likeness (QED) is 0.0834. The van der Waals surface area contributed by atoms with Gasteiger partial charge < -0.3 is 4.57 Å². The first-order chi connectivity index (χ1) is 22.5. The number of hydrogen-bond donors (Lipinski definition) is 2. The van der Waals surface area contributed by atoms with Crippen LogP contribution in [-0.4, -0.2) is 30.0 Å². The lowest BCUT2D eigenvalue weighted by Gasteiger charge is -2.18. The summed E-state index contributed by atoms with van der Waals surface area (Å²) < 4.78 is 31.0. The second-order valence-corrected chi connectivity index (χ2v) is 13.8. The van der Waals surface area contributed by atoms with Gasteiger partial charge in [-0.1, -0.05) is 59.8 Å². The minimum absolute atomic E-state index is 0.0555. The Morgan fingerprint density at radius 2 is 1.53 bits per heavy atom. The van der Waals surface area contributed by atoms with Crippen LogP contribution in [0, 0.1) is 30.9 Å². The first-order valence-corrected chi connectivity index (χ1v) is 17.0. The molecule has 0 unspecified atom stereocenters. The summed E-state index contributed by atoms with van der Waals surface area (Å²) in [5, 5.41) is 15.1. The van der Waals surface area contributed by atoms with Crippen molar-refractivity contribution < 1.29 is 18.1 Å². The Morgan fingerprint density at radius 3 is 2.15 bits per heavy atom. The van der Waals surface area contributed by atoms with Crippen LogP contribution in [0.2, 0.25) is 0 Å². The zero-order valence-electron chi connectivity index (χ0n) is 26.0. The third kappa shape index (κ3) is 8.41. The lowest BCUT2D eigenvalue weighted by Crippen LogP contribution is -2.32. The molecule has 0 bridgehead atoms. The molecule has 0 saturated carbocycles. The molecule has 10 nitrogen and oxygen atoms in total. The van der Waals surface area contributed by atoms with Crippen LogP contribution in [0.25, 0.3) is 5.69 Å². The predicted molar refractivity (Wildman–Crippen MR) is 183 cm³/mol. The Balaban J connectivity index is 1.25. The van der Waals surface area contributed by atoms with E-state index in [0.717, 1.165) is 38.0 Å². The van der Waals surface area contributed by atoms with Gasteiger partial charge in [0, 0.05) is 51.0 Å². The molecule has 1 heterocycles. The van der Waals surface area contributed by atoms with E-state index >= 15 is 0 Å². The number of hydrazone groups is 1. The first kappa shape index (κ1) is 33.3. The minimum atomic E-state index is -3.89. The second-order valence-electron chi connectivity index (χ2n) is 10.9. The van der Waals surface area contributed by atoms with Crippen LogP contribution in [0.4, 0.5) is 5.69 Å². The Labute approximate surface area is 277 Å². The number of nitro benzene ring substituents is 1. The highest BCUT2D eigenvalue weighted by molar-refractivity contribution is 7.99. The van der Waals surface area contributed by atoms with Crippen LogP contribution in [-0.2, 0) is 14.8 Å². The lowest BCUT2D eigenvalue weighted by atomic mass is 10.0. The Bertz CT molecular complexity index is 2010. The number of nitro groups is 1. The zero-order valence-corrected chi connectivity index (χ0v) is 27.6. The van der Waals surface area contributed by atoms with Crippen molar-refractivity contribution in [3.05, 3.63) is 147 Å². The number of carbonyl (C=O) groups excluding carboxylic acids is 1. The monoisotopic (exact) mass is 667 g/mol. The summed E-state index contributed by atoms with van der Waals surface area (Å²) in [7, 11) is -3.89. The number of aromatic nitrogens is 1. The van der Waals surface area contributed by atoms with Crippen molar-refractivity contribution in [3.8, 4) is 5.69 Å². The van der Waals surface area contributed by atoms with Gasteiger partial charge in [0.2, 0.25) is 15.9 Å². The fraction of sp³-hybridized carbons (Fsp3) is 0.143. The number of benzene rings is 4. The maximum atomic E-state index is 13.1. The van der Waals surface area contributed by atoms with Gasteiger partial charge in [-0.2, -0.15) is 5.10 Å². The number of nitrogens with zero attached hydrogens (tertiary/aromatic N) is 3. The summed E-state index contributed by atoms with van der Waals surface area (Å²) in [6, 6.07) is 31.1. The van der Waals surface area contributed by atoms with E-state index in [2.05, 4.69) is 19.8 Å². The van der Waals surface area contributed by atoms with E-state index in [1.54, 1.807) is 54.7 Å². The molecule has 0 spiro atoms. The van der Waals surface area contributed by atoms with Crippen molar-refractivity contribution >= 4 is 39.6 Å². The van der Waals surface area contributed by atoms with Crippen LogP contribution in [0.3, 0.4) is 0 Å². The Hall–Kier alpha value is -5.04. The van der Waals surface area contributed by atoms with E-state index in [1.807, 2.05) is 57.2 Å². The largest absolute Gasteiger partial charge is 0.318 e. The number of aryl methyl sites for hydroxylation is 2. The van der Waals surface area contributed by atoms with Crippen LogP contribution >= 0.6 is 11.8 Å². The molecule has 240 valence electrons. The number of hydrogen-bond acceptors (Lipinski definition) is 7. The number of rotatable bonds is 12. The molecule has 0 fully saturated rings. The topological polar surface area (TPSA) is 136 Å². The van der Waals surface area contributed by atoms with Crippen molar-refractivity contribution in [3.63, 3.8) is 0 Å². The van der Waals surface area contributed by atoms with Crippen LogP contribution in [0.15, 0.2) is 129 Å². The van der Waals surface area contributed by atoms with E-state index in [4.69, 9.17) is 0 Å². The second kappa shape index (κ2) is 14.6. The van der Waals surface area contributed by atoms with Gasteiger partial charge >= 0.3 is 0 Å². The molecule has 0 radical (unpaired) electrons. The van der Waals surface area contributed by atoms with Gasteiger partial charge in [-0.3, -0.25) is 14.9 Å². The average molecular weight is 668 g/mol. The highest BCUT2D eigenvalue weighted by atomic mass is 32.2. The van der Waals surface area contributed by atoms with Gasteiger partial charge in [0.25, 0.3) is 5.69 Å². The molecule has 1 atom stereocenters. The van der Waals surface area contributed by atoms with Gasteiger partial charge in [0.15, 0.2) is 0 Å². The summed E-state index contributed by atoms with van der Waals surface area (Å²) in [6.45, 7) is 5.82. The van der Waals surface area contributed by atoms with Crippen molar-refractivity contribution in [2.24, 2.45) is 5.10 Å². The fourth-order valence-corrected chi connectivity index (χ4v) is 7.08. The summed E-state index contributed by atoms with van der Waals surface area (Å²) in [5.74, 6) is -0.448. The molecule has 0 aliphatic carbocycles. The Kier molecular flexibility index (Phi) is 10.3. The molecule has 4 aromatic carbocycles. The molecule has 0 saturated heterocycles. The smallest absolute Gasteiger partial charge is 0.269 e. The molecule has 12 heteroatoms. The number of nitrogens with one attached hydrogen (secondary N) is 2. The SMILES string of the molecule is Cc1ccc(S(=O)(=O)N[C@H](CC(=O)N/N=C\c2cc(C)n(-c3ccc(Sc4ccc([N+](=O)[O-])cc4)cc3)c2C)c2ccccc2)cc1. The lowest BCUT2D eigenvalue weighted by molar-refractivity contribution is -0.384. The van der Waals surface area contributed by atoms with E-state index in [-0.39, 0.29) is 17.0 Å². The highest BCUT2D eigenvalue weighted by Gasteiger charge is 2.24. The molecular weight excluding hydrogens is 635 g/mol. The average Bonchev–Trinajstić information content (AvgIpc) is 3.34. The highest BCUT2D eigenvalue weighted by Crippen LogP contribution is 2.30. The number of amides is 1. The van der Waals surface area contributed by atoms with Gasteiger partial charge in [0.05, 0.1) is 22.1 Å². The van der Waals surface area contributed by atoms with Crippen molar-refractivity contribution in [2.45, 2.75) is 47.9 Å². The van der Waals surface area contributed by atoms with E-state index in [0.29, 0.717) is 5.56 Å². The predicted octanol–water partition coefficient (Wildman–Crippen LogP) is 7.02. The molecular formula is C35H33N5O5S2. The van der Waals surface area contributed by atoms with Crippen molar-refractivity contribution in [1.29, 1.82) is 0 Å². The summed E-state index contributed by atoms with van der Waals surface area (Å²) in [4.78, 5) is 25.5. The molecule has 1 aromatic heterocycles. The number of non-ortho nitro benzene ring substituents is 1. The van der Waals surface area contributed by atoms with E-state index in [9.17, 15) is 23.3 Å². The van der Waals surface area contributed by atoms with Crippen molar-refractivity contribution in [2.75, 3.05) is 0 Å². The van der Waals surface area contributed by atoms with E-state index < -0.39 is 26.9 Å². The third-order valence-corrected chi connectivity index (χ3v) is 9.96. The molecule has 5 aromatic rings. The van der Waals surface area contributed by atoms with Crippen LogP contribution in [0.1, 0.15) is 40.5 Å². The summed E-state index contributed by atoms with van der Waals surface area (Å²) in [5.41, 5.74) is 7.85. The standard InChI is InChI=1S/C35H33N5O5S2/c1-24-9-19-33(20-10-24)47(44,45)38-34(27-7-5-4-6-8-27)22-35(41)37-36-23-28-21-25(2)39(26(28)3)29-11-15-31(16-12-29)46-32-17-13-30(14-18-32)40(42)43/h4-21,23,34,38H,22H2,1-3H3,(H,37,41)/b36-23-/t34-/m1/s1. The molecule has 0 aliphatic rings.